The van der Waals surface area contributed by atoms with E-state index in [9.17, 15) is 19.5 Å². The Labute approximate surface area is 243 Å². The molecule has 40 heavy (non-hydrogen) atoms. The predicted octanol–water partition coefficient (Wildman–Crippen LogP) is 5.06. The maximum absolute atomic E-state index is 12.4. The third-order valence-electron chi connectivity index (χ3n) is 6.27. The van der Waals surface area contributed by atoms with Crippen molar-refractivity contribution in [3.05, 3.63) is 36.5 Å². The molecule has 0 saturated carbocycles. The zero-order valence-electron chi connectivity index (χ0n) is 25.7. The van der Waals surface area contributed by atoms with Crippen LogP contribution in [0.1, 0.15) is 97.3 Å². The third-order valence-corrected chi connectivity index (χ3v) is 6.27. The van der Waals surface area contributed by atoms with E-state index in [0.717, 1.165) is 25.7 Å². The molecule has 0 heterocycles. The Kier molecular flexibility index (Phi) is 22.9. The summed E-state index contributed by atoms with van der Waals surface area (Å²) in [6.07, 6.45) is 22.3. The van der Waals surface area contributed by atoms with Gasteiger partial charge in [-0.05, 0) is 44.9 Å². The molecule has 0 rings (SSSR count). The standard InChI is InChI=1S/C32H55NO7/c1-6-8-10-12-14-15-17-18-20-22-30(34)39-27-28(26-38-25-24-29(32(36)37)33(3,4)5)40-31(35)23-21-19-16-13-11-9-7-2/h9,11,15-17,19,28-29H,6-8,10,12-14,18,20-27H2,1-5H3/b11-9+,17-15+,19-16+. The molecule has 0 aliphatic heterocycles. The van der Waals surface area contributed by atoms with Gasteiger partial charge in [0.05, 0.1) is 40.3 Å². The molecule has 8 heteroatoms. The van der Waals surface area contributed by atoms with Crippen LogP contribution >= 0.6 is 0 Å². The van der Waals surface area contributed by atoms with Gasteiger partial charge in [-0.1, -0.05) is 69.6 Å². The number of quaternary nitrogens is 1. The molecule has 0 spiro atoms. The Hall–Kier alpha value is -2.45. The number of hydrogen-bond donors (Lipinski definition) is 0. The minimum atomic E-state index is -1.14. The van der Waals surface area contributed by atoms with E-state index in [1.165, 1.54) is 25.7 Å². The Morgan fingerprint density at radius 2 is 1.45 bits per heavy atom. The number of carboxylic acids is 1. The molecular weight excluding hydrogens is 510 g/mol. The number of unbranched alkanes of at least 4 members (excludes halogenated alkanes) is 5. The van der Waals surface area contributed by atoms with Gasteiger partial charge in [0.2, 0.25) is 0 Å². The lowest BCUT2D eigenvalue weighted by molar-refractivity contribution is -0.889. The summed E-state index contributed by atoms with van der Waals surface area (Å²) in [5, 5.41) is 11.5. The molecule has 0 bridgehead atoms. The van der Waals surface area contributed by atoms with Crippen LogP contribution in [0.5, 0.6) is 0 Å². The molecule has 2 atom stereocenters. The first kappa shape index (κ1) is 37.6. The largest absolute Gasteiger partial charge is 0.544 e. The molecule has 0 aliphatic carbocycles. The van der Waals surface area contributed by atoms with E-state index in [0.29, 0.717) is 12.8 Å². The van der Waals surface area contributed by atoms with Crippen molar-refractivity contribution in [3.63, 3.8) is 0 Å². The highest BCUT2D eigenvalue weighted by Crippen LogP contribution is 2.09. The summed E-state index contributed by atoms with van der Waals surface area (Å²) in [7, 11) is 5.34. The highest BCUT2D eigenvalue weighted by atomic mass is 16.6. The Bertz CT molecular complexity index is 768. The topological polar surface area (TPSA) is 102 Å². The molecule has 2 unspecified atom stereocenters. The number of hydrogen-bond acceptors (Lipinski definition) is 7. The Morgan fingerprint density at radius 3 is 2.10 bits per heavy atom. The lowest BCUT2D eigenvalue weighted by Crippen LogP contribution is -2.55. The lowest BCUT2D eigenvalue weighted by atomic mass is 10.1. The van der Waals surface area contributed by atoms with Crippen molar-refractivity contribution >= 4 is 17.9 Å². The monoisotopic (exact) mass is 565 g/mol. The van der Waals surface area contributed by atoms with Crippen molar-refractivity contribution in [2.24, 2.45) is 0 Å². The van der Waals surface area contributed by atoms with Crippen molar-refractivity contribution in [2.45, 2.75) is 109 Å². The molecule has 0 amide bonds. The van der Waals surface area contributed by atoms with E-state index in [-0.39, 0.29) is 49.5 Å². The van der Waals surface area contributed by atoms with Gasteiger partial charge in [-0.2, -0.15) is 0 Å². The average molecular weight is 566 g/mol. The first-order chi connectivity index (χ1) is 19.1. The number of nitrogens with zero attached hydrogens (tertiary/aromatic N) is 1. The lowest BCUT2D eigenvalue weighted by Gasteiger charge is -2.34. The van der Waals surface area contributed by atoms with Gasteiger partial charge in [0, 0.05) is 19.3 Å². The van der Waals surface area contributed by atoms with Crippen LogP contribution in [0.4, 0.5) is 0 Å². The number of esters is 2. The summed E-state index contributed by atoms with van der Waals surface area (Å²) in [5.41, 5.74) is 0. The Balaban J connectivity index is 4.64. The van der Waals surface area contributed by atoms with E-state index in [4.69, 9.17) is 14.2 Å². The fourth-order valence-electron chi connectivity index (χ4n) is 3.90. The molecular formula is C32H55NO7. The van der Waals surface area contributed by atoms with Crippen molar-refractivity contribution < 1.29 is 38.2 Å². The fourth-order valence-corrected chi connectivity index (χ4v) is 3.90. The van der Waals surface area contributed by atoms with Crippen LogP contribution in [-0.4, -0.2) is 75.5 Å². The van der Waals surface area contributed by atoms with Crippen molar-refractivity contribution in [3.8, 4) is 0 Å². The summed E-state index contributed by atoms with van der Waals surface area (Å²) in [5.74, 6) is -1.89. The maximum Gasteiger partial charge on any atom is 0.306 e. The van der Waals surface area contributed by atoms with Crippen LogP contribution in [0.15, 0.2) is 36.5 Å². The van der Waals surface area contributed by atoms with Crippen LogP contribution in [0.25, 0.3) is 0 Å². The molecule has 0 radical (unpaired) electrons. The van der Waals surface area contributed by atoms with Gasteiger partial charge in [-0.25, -0.2) is 0 Å². The van der Waals surface area contributed by atoms with Gasteiger partial charge in [0.1, 0.15) is 12.6 Å². The number of carbonyl (C=O) groups excluding carboxylic acids is 3. The van der Waals surface area contributed by atoms with Gasteiger partial charge >= 0.3 is 11.9 Å². The van der Waals surface area contributed by atoms with Crippen LogP contribution < -0.4 is 5.11 Å². The second-order valence-corrected chi connectivity index (χ2v) is 10.9. The number of carboxylic acid groups (broad SMARTS) is 1. The van der Waals surface area contributed by atoms with E-state index in [2.05, 4.69) is 38.2 Å². The van der Waals surface area contributed by atoms with E-state index in [1.54, 1.807) is 21.1 Å². The van der Waals surface area contributed by atoms with Crippen LogP contribution in [-0.2, 0) is 28.6 Å². The summed E-state index contributed by atoms with van der Waals surface area (Å²) in [6.45, 7) is 4.33. The number of likely N-dealkylation sites (N-methyl/N-ethyl adjacent to an activating group) is 1. The second kappa shape index (κ2) is 24.4. The van der Waals surface area contributed by atoms with E-state index < -0.39 is 24.1 Å². The molecule has 230 valence electrons. The van der Waals surface area contributed by atoms with Crippen molar-refractivity contribution in [1.82, 2.24) is 0 Å². The summed E-state index contributed by atoms with van der Waals surface area (Å²) in [4.78, 5) is 36.1. The highest BCUT2D eigenvalue weighted by molar-refractivity contribution is 5.70. The normalized spacial score (nSPS) is 13.7. The number of rotatable bonds is 25. The molecule has 0 fully saturated rings. The quantitative estimate of drug-likeness (QED) is 0.0660. The van der Waals surface area contributed by atoms with Crippen molar-refractivity contribution in [2.75, 3.05) is 41.0 Å². The Morgan fingerprint density at radius 1 is 0.775 bits per heavy atom. The highest BCUT2D eigenvalue weighted by Gasteiger charge is 2.25. The summed E-state index contributed by atoms with van der Waals surface area (Å²) >= 11 is 0. The molecule has 0 aromatic carbocycles. The van der Waals surface area contributed by atoms with E-state index in [1.807, 2.05) is 12.2 Å². The van der Waals surface area contributed by atoms with Crippen LogP contribution in [0, 0.1) is 0 Å². The van der Waals surface area contributed by atoms with Gasteiger partial charge in [-0.3, -0.25) is 9.59 Å². The summed E-state index contributed by atoms with van der Waals surface area (Å²) < 4.78 is 16.8. The fraction of sp³-hybridized carbons (Fsp3) is 0.719. The number of aliphatic carboxylic acids is 1. The second-order valence-electron chi connectivity index (χ2n) is 10.9. The number of carbonyl (C=O) groups is 3. The zero-order chi connectivity index (χ0) is 30.1. The smallest absolute Gasteiger partial charge is 0.306 e. The number of ether oxygens (including phenoxy) is 3. The number of allylic oxidation sites excluding steroid dienone is 6. The SMILES string of the molecule is CC/C=C/C/C=C/CCC(=O)OC(COCCC(C(=O)[O-])[N+](C)(C)C)COC(=O)CCC/C=C/CCCCCC. The molecule has 0 aromatic rings. The van der Waals surface area contributed by atoms with E-state index >= 15 is 0 Å². The van der Waals surface area contributed by atoms with Crippen LogP contribution in [0.2, 0.25) is 0 Å². The minimum Gasteiger partial charge on any atom is -0.544 e. The minimum absolute atomic E-state index is 0.00828. The zero-order valence-corrected chi connectivity index (χ0v) is 25.7. The van der Waals surface area contributed by atoms with Gasteiger partial charge in [-0.15, -0.1) is 0 Å². The van der Waals surface area contributed by atoms with Crippen molar-refractivity contribution in [1.29, 1.82) is 0 Å². The van der Waals surface area contributed by atoms with Crippen LogP contribution in [0.3, 0.4) is 0 Å². The first-order valence-corrected chi connectivity index (χ1v) is 15.0. The molecule has 0 aliphatic rings. The predicted molar refractivity (Wildman–Crippen MR) is 157 cm³/mol. The molecule has 0 aromatic heterocycles. The first-order valence-electron chi connectivity index (χ1n) is 15.0. The molecule has 0 N–H and O–H groups in total. The van der Waals surface area contributed by atoms with Gasteiger partial charge in [0.25, 0.3) is 0 Å². The average Bonchev–Trinajstić information content (AvgIpc) is 2.89. The van der Waals surface area contributed by atoms with Gasteiger partial charge in [0.15, 0.2) is 6.10 Å². The van der Waals surface area contributed by atoms with Gasteiger partial charge < -0.3 is 28.6 Å². The third kappa shape index (κ3) is 22.4. The maximum atomic E-state index is 12.4. The molecule has 0 saturated heterocycles. The molecule has 8 nitrogen and oxygen atoms in total. The summed E-state index contributed by atoms with van der Waals surface area (Å²) in [6, 6.07) is -0.733.